The molecule has 0 saturated heterocycles. The second-order valence-corrected chi connectivity index (χ2v) is 25.4. The quantitative estimate of drug-likeness (QED) is 0.160. The van der Waals surface area contributed by atoms with Gasteiger partial charge in [-0.1, -0.05) is 70.8 Å². The summed E-state index contributed by atoms with van der Waals surface area (Å²) in [5.41, 5.74) is 9.34. The molecule has 0 bridgehead atoms. The number of rotatable bonds is 9. The van der Waals surface area contributed by atoms with E-state index in [1.165, 1.54) is 17.2 Å². The van der Waals surface area contributed by atoms with Gasteiger partial charge in [0.1, 0.15) is 0 Å². The van der Waals surface area contributed by atoms with Gasteiger partial charge in [0.2, 0.25) is 40.1 Å². The maximum absolute atomic E-state index is 14.4. The molecule has 6 heterocycles. The lowest BCUT2D eigenvalue weighted by Crippen LogP contribution is -2.37. The third-order valence-corrected chi connectivity index (χ3v) is 20.6. The van der Waals surface area contributed by atoms with Gasteiger partial charge in [-0.15, -0.1) is 0 Å². The number of hydrogen-bond donors (Lipinski definition) is 0. The highest BCUT2D eigenvalue weighted by Gasteiger charge is 2.43. The van der Waals surface area contributed by atoms with Gasteiger partial charge in [-0.05, 0) is 98.5 Å². The Morgan fingerprint density at radius 1 is 0.333 bits per heavy atom. The Bertz CT molecular complexity index is 3190. The zero-order valence-electron chi connectivity index (χ0n) is 36.9. The highest BCUT2D eigenvalue weighted by molar-refractivity contribution is 7.90. The lowest BCUT2D eigenvalue weighted by atomic mass is 9.91. The Morgan fingerprint density at radius 2 is 0.576 bits per heavy atom. The molecule has 0 unspecified atom stereocenters. The van der Waals surface area contributed by atoms with Crippen molar-refractivity contribution in [2.45, 2.75) is 99.4 Å². The summed E-state index contributed by atoms with van der Waals surface area (Å²) in [6.45, 7) is 7.45. The molecule has 0 fully saturated rings. The van der Waals surface area contributed by atoms with Crippen LogP contribution in [0.1, 0.15) is 67.0 Å². The summed E-state index contributed by atoms with van der Waals surface area (Å²) in [5, 5.41) is 0. The third kappa shape index (κ3) is 7.60. The molecule has 342 valence electrons. The molecule has 6 aromatic rings. The highest BCUT2D eigenvalue weighted by atomic mass is 32.2. The Balaban J connectivity index is 1.12. The number of aryl methyl sites for hydroxylation is 4. The first-order chi connectivity index (χ1) is 31.3. The number of fused-ring (bicyclic) bond motifs is 6. The van der Waals surface area contributed by atoms with E-state index in [4.69, 9.17) is 9.97 Å². The molecule has 4 aromatic carbocycles. The van der Waals surface area contributed by atoms with Crippen LogP contribution >= 0.6 is 0 Å². The molecule has 0 radical (unpaired) electrons. The van der Waals surface area contributed by atoms with Gasteiger partial charge in [0.05, 0.1) is 31.0 Å². The average molecular weight is 965 g/mol. The summed E-state index contributed by atoms with van der Waals surface area (Å²) < 4.78 is 120. The van der Waals surface area contributed by atoms with Crippen LogP contribution in [-0.4, -0.2) is 73.9 Å². The zero-order chi connectivity index (χ0) is 46.5. The number of aromatic nitrogens is 2. The number of benzene rings is 4. The molecule has 0 amide bonds. The Labute approximate surface area is 386 Å². The summed E-state index contributed by atoms with van der Waals surface area (Å²) in [7, 11) is -16.0. The number of nitrogens with zero attached hydrogens (tertiary/aromatic N) is 6. The van der Waals surface area contributed by atoms with Gasteiger partial charge >= 0.3 is 0 Å². The van der Waals surface area contributed by atoms with E-state index in [-0.39, 0.29) is 84.8 Å². The van der Waals surface area contributed by atoms with Gasteiger partial charge in [-0.2, -0.15) is 17.2 Å². The molecule has 0 spiro atoms. The van der Waals surface area contributed by atoms with Crippen molar-refractivity contribution < 1.29 is 33.7 Å². The van der Waals surface area contributed by atoms with Crippen LogP contribution < -0.4 is 0 Å². The smallest absolute Gasteiger partial charge is 0.243 e. The van der Waals surface area contributed by atoms with Crippen LogP contribution in [-0.2, 0) is 92.2 Å². The Hall–Kier alpha value is -5.18. The molecule has 2 aromatic heterocycles. The maximum atomic E-state index is 14.4. The maximum Gasteiger partial charge on any atom is 0.243 e. The van der Waals surface area contributed by atoms with Crippen LogP contribution in [0.3, 0.4) is 0 Å². The van der Waals surface area contributed by atoms with Crippen molar-refractivity contribution in [3.05, 3.63) is 164 Å². The Morgan fingerprint density at radius 3 is 0.864 bits per heavy atom. The molecule has 4 aliphatic heterocycles. The number of sulfonamides is 4. The molecule has 10 rings (SSSR count). The second kappa shape index (κ2) is 16.3. The summed E-state index contributed by atoms with van der Waals surface area (Å²) >= 11 is 0. The SMILES string of the molecule is Cc1ccc(S(=O)(=O)N2CCc3nc(-c4nc5c(c6c4CN(S(=O)(=O)c4ccc(C)cc4)C6)CN(S(=O)(=O)c4ccc(C)cc4)CC5)c4c(c3C2)CN(S(=O)(=O)c2ccc(C)cc2)C4)cc1. The number of pyridine rings is 2. The van der Waals surface area contributed by atoms with Crippen molar-refractivity contribution in [2.75, 3.05) is 13.1 Å². The van der Waals surface area contributed by atoms with Crippen molar-refractivity contribution >= 4 is 40.1 Å². The van der Waals surface area contributed by atoms with E-state index >= 15 is 0 Å². The molecule has 0 aliphatic carbocycles. The lowest BCUT2D eigenvalue weighted by molar-refractivity contribution is 0.383. The van der Waals surface area contributed by atoms with E-state index in [0.29, 0.717) is 56.2 Å². The van der Waals surface area contributed by atoms with Crippen LogP contribution in [0, 0.1) is 27.7 Å². The summed E-state index contributed by atoms with van der Waals surface area (Å²) in [6, 6.07) is 26.6. The van der Waals surface area contributed by atoms with Crippen LogP contribution in [0.15, 0.2) is 117 Å². The van der Waals surface area contributed by atoms with Gasteiger partial charge in [-0.25, -0.2) is 33.7 Å². The predicted molar refractivity (Wildman–Crippen MR) is 248 cm³/mol. The van der Waals surface area contributed by atoms with E-state index in [2.05, 4.69) is 0 Å². The fraction of sp³-hybridized carbons (Fsp3) is 0.292. The molecule has 0 N–H and O–H groups in total. The summed E-state index contributed by atoms with van der Waals surface area (Å²) in [4.78, 5) is 11.1. The predicted octanol–water partition coefficient (Wildman–Crippen LogP) is 6.28. The Kier molecular flexibility index (Phi) is 11.0. The third-order valence-electron chi connectivity index (χ3n) is 13.3. The summed E-state index contributed by atoms with van der Waals surface area (Å²) in [5.74, 6) is 0. The highest BCUT2D eigenvalue weighted by Crippen LogP contribution is 2.44. The second-order valence-electron chi connectivity index (χ2n) is 17.7. The molecule has 66 heavy (non-hydrogen) atoms. The normalized spacial score (nSPS) is 17.3. The minimum absolute atomic E-state index is 0.0246. The molecular formula is C48H48N6O8S4. The van der Waals surface area contributed by atoms with Gasteiger partial charge in [0.25, 0.3) is 0 Å². The van der Waals surface area contributed by atoms with Crippen LogP contribution in [0.5, 0.6) is 0 Å². The standard InChI is InChI=1S/C48H48N6O8S4/c1-31-5-13-35(14-6-31)63(55,56)51-23-21-45-41(27-51)39-25-53(65(59,60)37-17-9-33(3)10-18-37)29-43(39)47(49-45)48-44-30-54(66(61,62)38-19-11-34(4)12-20-38)26-40(44)42-28-52(24-22-46(42)50-48)64(57,58)36-15-7-32(2)8-16-36/h5-20H,21-30H2,1-4H3. The molecule has 4 aliphatic rings. The van der Waals surface area contributed by atoms with E-state index in [9.17, 15) is 33.7 Å². The molecule has 0 atom stereocenters. The van der Waals surface area contributed by atoms with Crippen LogP contribution in [0.4, 0.5) is 0 Å². The molecule has 0 saturated carbocycles. The molecular weight excluding hydrogens is 917 g/mol. The van der Waals surface area contributed by atoms with Gasteiger partial charge in [0, 0.05) is 87.7 Å². The fourth-order valence-corrected chi connectivity index (χ4v) is 15.0. The van der Waals surface area contributed by atoms with E-state index in [0.717, 1.165) is 22.3 Å². The van der Waals surface area contributed by atoms with Gasteiger partial charge in [0.15, 0.2) is 0 Å². The van der Waals surface area contributed by atoms with E-state index in [1.54, 1.807) is 97.1 Å². The van der Waals surface area contributed by atoms with Crippen molar-refractivity contribution in [1.82, 2.24) is 27.2 Å². The van der Waals surface area contributed by atoms with Crippen LogP contribution in [0.2, 0.25) is 0 Å². The van der Waals surface area contributed by atoms with Crippen molar-refractivity contribution in [2.24, 2.45) is 0 Å². The first-order valence-corrected chi connectivity index (χ1v) is 27.4. The van der Waals surface area contributed by atoms with Crippen molar-refractivity contribution in [3.63, 3.8) is 0 Å². The van der Waals surface area contributed by atoms with Crippen molar-refractivity contribution in [1.29, 1.82) is 0 Å². The minimum atomic E-state index is -4.07. The first-order valence-electron chi connectivity index (χ1n) is 21.7. The van der Waals surface area contributed by atoms with E-state index in [1.807, 2.05) is 27.7 Å². The monoisotopic (exact) mass is 964 g/mol. The van der Waals surface area contributed by atoms with Gasteiger partial charge in [-0.3, -0.25) is 9.97 Å². The fourth-order valence-electron chi connectivity index (χ4n) is 9.42. The largest absolute Gasteiger partial charge is 0.250 e. The average Bonchev–Trinajstić information content (AvgIpc) is 3.97. The minimum Gasteiger partial charge on any atom is -0.250 e. The number of hydrogen-bond acceptors (Lipinski definition) is 10. The van der Waals surface area contributed by atoms with Crippen molar-refractivity contribution in [3.8, 4) is 11.4 Å². The topological polar surface area (TPSA) is 175 Å². The first kappa shape index (κ1) is 44.6. The van der Waals surface area contributed by atoms with E-state index < -0.39 is 40.1 Å². The molecule has 14 nitrogen and oxygen atoms in total. The lowest BCUT2D eigenvalue weighted by Gasteiger charge is -2.31. The molecule has 18 heteroatoms. The summed E-state index contributed by atoms with van der Waals surface area (Å²) in [6.07, 6.45) is 0.469. The van der Waals surface area contributed by atoms with Crippen LogP contribution in [0.25, 0.3) is 11.4 Å². The zero-order valence-corrected chi connectivity index (χ0v) is 40.2. The van der Waals surface area contributed by atoms with Gasteiger partial charge < -0.3 is 0 Å².